The zero-order valence-electron chi connectivity index (χ0n) is 11.4. The molecule has 2 aliphatic rings. The predicted octanol–water partition coefficient (Wildman–Crippen LogP) is 2.04. The van der Waals surface area contributed by atoms with Crippen molar-refractivity contribution in [3.63, 3.8) is 0 Å². The minimum atomic E-state index is -0.214. The Bertz CT molecular complexity index is 417. The lowest BCUT2D eigenvalue weighted by molar-refractivity contribution is -0.200. The maximum Gasteiger partial charge on any atom is 0.184 e. The van der Waals surface area contributed by atoms with Gasteiger partial charge >= 0.3 is 0 Å². The molecule has 104 valence electrons. The number of fused-ring (bicyclic) bond motifs is 2. The molecule has 0 N–H and O–H groups in total. The molecule has 1 aromatic carbocycles. The van der Waals surface area contributed by atoms with Crippen molar-refractivity contribution in [1.82, 2.24) is 0 Å². The van der Waals surface area contributed by atoms with Crippen molar-refractivity contribution in [2.75, 3.05) is 13.7 Å². The standard InChI is InChI=1S/C15H20O4/c1-10-3-5-11(6-4-10)8-17-12-7-13(16-2)15-18-9-14(12)19-15/h3-6,12-15H,7-9H2,1-2H3/t12-,13+,14+,15?/m0/s1. The minimum absolute atomic E-state index is 0.0261. The Hall–Kier alpha value is -0.940. The van der Waals surface area contributed by atoms with Gasteiger partial charge in [-0.25, -0.2) is 0 Å². The van der Waals surface area contributed by atoms with Gasteiger partial charge < -0.3 is 18.9 Å². The molecular weight excluding hydrogens is 244 g/mol. The Morgan fingerprint density at radius 1 is 1.21 bits per heavy atom. The first kappa shape index (κ1) is 13.1. The van der Waals surface area contributed by atoms with Crippen LogP contribution in [0.25, 0.3) is 0 Å². The monoisotopic (exact) mass is 264 g/mol. The van der Waals surface area contributed by atoms with E-state index in [1.807, 2.05) is 0 Å². The second-order valence-electron chi connectivity index (χ2n) is 5.22. The third-order valence-electron chi connectivity index (χ3n) is 3.80. The molecule has 19 heavy (non-hydrogen) atoms. The van der Waals surface area contributed by atoms with Crippen LogP contribution in [0.15, 0.2) is 24.3 Å². The van der Waals surface area contributed by atoms with Gasteiger partial charge in [-0.1, -0.05) is 29.8 Å². The molecule has 1 aromatic rings. The normalized spacial score (nSPS) is 33.6. The molecule has 2 bridgehead atoms. The van der Waals surface area contributed by atoms with E-state index < -0.39 is 0 Å². The molecule has 0 saturated carbocycles. The third kappa shape index (κ3) is 2.82. The first-order valence-electron chi connectivity index (χ1n) is 6.73. The third-order valence-corrected chi connectivity index (χ3v) is 3.80. The number of ether oxygens (including phenoxy) is 4. The van der Waals surface area contributed by atoms with Gasteiger partial charge in [-0.3, -0.25) is 0 Å². The molecule has 4 nitrogen and oxygen atoms in total. The van der Waals surface area contributed by atoms with Crippen LogP contribution in [0.1, 0.15) is 17.5 Å². The fourth-order valence-electron chi connectivity index (χ4n) is 2.59. The van der Waals surface area contributed by atoms with E-state index in [4.69, 9.17) is 18.9 Å². The number of rotatable bonds is 4. The lowest BCUT2D eigenvalue weighted by Crippen LogP contribution is -2.44. The Morgan fingerprint density at radius 3 is 2.74 bits per heavy atom. The summed E-state index contributed by atoms with van der Waals surface area (Å²) in [7, 11) is 1.69. The second-order valence-corrected chi connectivity index (χ2v) is 5.22. The lowest BCUT2D eigenvalue weighted by Gasteiger charge is -2.32. The lowest BCUT2D eigenvalue weighted by atomic mass is 10.0. The topological polar surface area (TPSA) is 36.9 Å². The molecule has 0 radical (unpaired) electrons. The van der Waals surface area contributed by atoms with Gasteiger partial charge in [0.15, 0.2) is 6.29 Å². The highest BCUT2D eigenvalue weighted by atomic mass is 16.7. The van der Waals surface area contributed by atoms with E-state index in [0.717, 1.165) is 6.42 Å². The van der Waals surface area contributed by atoms with Gasteiger partial charge in [-0.15, -0.1) is 0 Å². The maximum atomic E-state index is 5.99. The summed E-state index contributed by atoms with van der Waals surface area (Å²) in [5.74, 6) is 0. The summed E-state index contributed by atoms with van der Waals surface area (Å²) in [4.78, 5) is 0. The number of hydrogen-bond donors (Lipinski definition) is 0. The van der Waals surface area contributed by atoms with Crippen LogP contribution in [0.2, 0.25) is 0 Å². The average Bonchev–Trinajstić information content (AvgIpc) is 2.85. The molecule has 0 aliphatic carbocycles. The zero-order chi connectivity index (χ0) is 13.2. The minimum Gasteiger partial charge on any atom is -0.376 e. The van der Waals surface area contributed by atoms with Crippen molar-refractivity contribution in [3.05, 3.63) is 35.4 Å². The summed E-state index contributed by atoms with van der Waals surface area (Å²) in [6.07, 6.45) is 0.681. The van der Waals surface area contributed by atoms with Gasteiger partial charge in [0.05, 0.1) is 19.3 Å². The predicted molar refractivity (Wildman–Crippen MR) is 69.8 cm³/mol. The molecule has 2 saturated heterocycles. The van der Waals surface area contributed by atoms with Crippen LogP contribution >= 0.6 is 0 Å². The summed E-state index contributed by atoms with van der Waals surface area (Å²) < 4.78 is 22.7. The summed E-state index contributed by atoms with van der Waals surface area (Å²) >= 11 is 0. The summed E-state index contributed by atoms with van der Waals surface area (Å²) in [6, 6.07) is 8.40. The first-order chi connectivity index (χ1) is 9.26. The van der Waals surface area contributed by atoms with Gasteiger partial charge in [0.1, 0.15) is 12.2 Å². The van der Waals surface area contributed by atoms with E-state index in [0.29, 0.717) is 13.2 Å². The van der Waals surface area contributed by atoms with Gasteiger partial charge in [-0.2, -0.15) is 0 Å². The number of methoxy groups -OCH3 is 1. The number of benzene rings is 1. The molecule has 0 aromatic heterocycles. The summed E-state index contributed by atoms with van der Waals surface area (Å²) in [5.41, 5.74) is 2.44. The molecule has 4 heteroatoms. The van der Waals surface area contributed by atoms with E-state index in [2.05, 4.69) is 31.2 Å². The maximum absolute atomic E-state index is 5.99. The van der Waals surface area contributed by atoms with E-state index in [9.17, 15) is 0 Å². The van der Waals surface area contributed by atoms with Crippen molar-refractivity contribution in [3.8, 4) is 0 Å². The fourth-order valence-corrected chi connectivity index (χ4v) is 2.59. The van der Waals surface area contributed by atoms with Crippen LogP contribution in [0.4, 0.5) is 0 Å². The van der Waals surface area contributed by atoms with Crippen molar-refractivity contribution < 1.29 is 18.9 Å². The Morgan fingerprint density at radius 2 is 2.00 bits per heavy atom. The van der Waals surface area contributed by atoms with Crippen molar-refractivity contribution in [2.45, 2.75) is 44.6 Å². The molecule has 2 heterocycles. The van der Waals surface area contributed by atoms with Gasteiger partial charge in [0.2, 0.25) is 0 Å². The van der Waals surface area contributed by atoms with Crippen LogP contribution in [-0.2, 0) is 25.6 Å². The molecule has 1 unspecified atom stereocenters. The van der Waals surface area contributed by atoms with Crippen LogP contribution in [-0.4, -0.2) is 38.3 Å². The van der Waals surface area contributed by atoms with E-state index in [-0.39, 0.29) is 24.6 Å². The van der Waals surface area contributed by atoms with E-state index >= 15 is 0 Å². The quantitative estimate of drug-likeness (QED) is 0.834. The average molecular weight is 264 g/mol. The number of aryl methyl sites for hydroxylation is 1. The fraction of sp³-hybridized carbons (Fsp3) is 0.600. The van der Waals surface area contributed by atoms with Crippen LogP contribution < -0.4 is 0 Å². The Kier molecular flexibility index (Phi) is 3.84. The van der Waals surface area contributed by atoms with Gasteiger partial charge in [0, 0.05) is 13.5 Å². The zero-order valence-corrected chi connectivity index (χ0v) is 11.4. The smallest absolute Gasteiger partial charge is 0.184 e. The number of hydrogen-bond acceptors (Lipinski definition) is 4. The molecule has 4 atom stereocenters. The van der Waals surface area contributed by atoms with Gasteiger partial charge in [0.25, 0.3) is 0 Å². The van der Waals surface area contributed by atoms with Crippen molar-refractivity contribution in [2.24, 2.45) is 0 Å². The highest BCUT2D eigenvalue weighted by molar-refractivity contribution is 5.20. The Balaban J connectivity index is 1.58. The molecule has 0 amide bonds. The first-order valence-corrected chi connectivity index (χ1v) is 6.73. The van der Waals surface area contributed by atoms with Gasteiger partial charge in [-0.05, 0) is 12.5 Å². The molecule has 0 spiro atoms. The Labute approximate surface area is 113 Å². The molecule has 2 aliphatic heterocycles. The SMILES string of the molecule is CO[C@@H]1C[C@H](OCc2ccc(C)cc2)[C@H]2COC1O2. The highest BCUT2D eigenvalue weighted by Crippen LogP contribution is 2.31. The van der Waals surface area contributed by atoms with Crippen LogP contribution in [0, 0.1) is 6.92 Å². The van der Waals surface area contributed by atoms with Crippen LogP contribution in [0.3, 0.4) is 0 Å². The molecule has 2 fully saturated rings. The molecular formula is C15H20O4. The van der Waals surface area contributed by atoms with Crippen molar-refractivity contribution in [1.29, 1.82) is 0 Å². The van der Waals surface area contributed by atoms with Crippen LogP contribution in [0.5, 0.6) is 0 Å². The van der Waals surface area contributed by atoms with E-state index in [1.165, 1.54) is 11.1 Å². The molecule has 3 rings (SSSR count). The summed E-state index contributed by atoms with van der Waals surface area (Å²) in [6.45, 7) is 3.29. The van der Waals surface area contributed by atoms with E-state index in [1.54, 1.807) is 7.11 Å². The highest BCUT2D eigenvalue weighted by Gasteiger charge is 2.44. The summed E-state index contributed by atoms with van der Waals surface area (Å²) in [5, 5.41) is 0. The largest absolute Gasteiger partial charge is 0.376 e. The second kappa shape index (κ2) is 5.59. The van der Waals surface area contributed by atoms with Crippen molar-refractivity contribution >= 4 is 0 Å².